The molecule has 23 heavy (non-hydrogen) atoms. The molecule has 0 saturated carbocycles. The molecule has 0 aromatic heterocycles. The Morgan fingerprint density at radius 3 is 1.91 bits per heavy atom. The highest BCUT2D eigenvalue weighted by Gasteiger charge is 2.38. The van der Waals surface area contributed by atoms with Crippen LogP contribution < -0.4 is 4.74 Å². The zero-order valence-electron chi connectivity index (χ0n) is 12.4. The fraction of sp³-hybridized carbons (Fsp3) is 0.538. The zero-order chi connectivity index (χ0) is 17.8. The molecular weight excluding hydrogens is 321 g/mol. The van der Waals surface area contributed by atoms with Crippen LogP contribution in [-0.4, -0.2) is 16.0 Å². The molecule has 0 bridgehead atoms. The highest BCUT2D eigenvalue weighted by atomic mass is 19.4. The van der Waals surface area contributed by atoms with Crippen LogP contribution in [0, 0.1) is 20.2 Å². The molecule has 0 saturated heterocycles. The van der Waals surface area contributed by atoms with E-state index in [9.17, 15) is 33.4 Å². The van der Waals surface area contributed by atoms with E-state index in [1.54, 1.807) is 6.92 Å². The average Bonchev–Trinajstić information content (AvgIpc) is 2.44. The van der Waals surface area contributed by atoms with Crippen molar-refractivity contribution in [3.63, 3.8) is 0 Å². The lowest BCUT2D eigenvalue weighted by Crippen LogP contribution is -2.17. The van der Waals surface area contributed by atoms with Gasteiger partial charge in [0, 0.05) is 12.1 Å². The third kappa shape index (κ3) is 4.54. The Kier molecular flexibility index (Phi) is 5.88. The summed E-state index contributed by atoms with van der Waals surface area (Å²) in [4.78, 5) is 19.8. The molecule has 0 amide bonds. The van der Waals surface area contributed by atoms with Crippen LogP contribution in [0.25, 0.3) is 0 Å². The molecule has 0 N–H and O–H groups in total. The number of hydrogen-bond donors (Lipinski definition) is 0. The second-order valence-corrected chi connectivity index (χ2v) is 4.79. The Hall–Kier alpha value is -2.39. The van der Waals surface area contributed by atoms with Crippen LogP contribution in [0.1, 0.15) is 38.7 Å². The molecule has 1 atom stereocenters. The van der Waals surface area contributed by atoms with Gasteiger partial charge in [-0.05, 0) is 12.8 Å². The van der Waals surface area contributed by atoms with Gasteiger partial charge in [0.05, 0.1) is 21.5 Å². The maximum absolute atomic E-state index is 12.8. The van der Waals surface area contributed by atoms with E-state index in [4.69, 9.17) is 4.74 Å². The first-order chi connectivity index (χ1) is 10.6. The lowest BCUT2D eigenvalue weighted by Gasteiger charge is -2.17. The van der Waals surface area contributed by atoms with E-state index < -0.39 is 44.8 Å². The van der Waals surface area contributed by atoms with Gasteiger partial charge in [0.2, 0.25) is 0 Å². The van der Waals surface area contributed by atoms with Crippen molar-refractivity contribution in [2.75, 3.05) is 0 Å². The molecule has 1 aromatic rings. The summed E-state index contributed by atoms with van der Waals surface area (Å²) in [5.74, 6) is -0.742. The van der Waals surface area contributed by atoms with Crippen molar-refractivity contribution >= 4 is 11.4 Å². The lowest BCUT2D eigenvalue weighted by molar-refractivity contribution is -0.396. The molecule has 0 aliphatic rings. The summed E-state index contributed by atoms with van der Waals surface area (Å²) in [5.41, 5.74) is -3.60. The molecule has 0 fully saturated rings. The van der Waals surface area contributed by atoms with Crippen LogP contribution in [-0.2, 0) is 6.18 Å². The number of rotatable bonds is 7. The Balaban J connectivity index is 3.52. The van der Waals surface area contributed by atoms with Crippen LogP contribution in [0.3, 0.4) is 0 Å². The smallest absolute Gasteiger partial charge is 0.416 e. The van der Waals surface area contributed by atoms with Crippen molar-refractivity contribution in [2.24, 2.45) is 0 Å². The number of nitrogens with zero attached hydrogens (tertiary/aromatic N) is 2. The van der Waals surface area contributed by atoms with Gasteiger partial charge in [-0.25, -0.2) is 0 Å². The number of nitro groups is 2. The molecule has 1 rings (SSSR count). The number of ether oxygens (including phenoxy) is 1. The van der Waals surface area contributed by atoms with Crippen LogP contribution >= 0.6 is 0 Å². The van der Waals surface area contributed by atoms with Crippen molar-refractivity contribution in [2.45, 2.75) is 45.4 Å². The molecule has 0 aliphatic heterocycles. The normalized spacial score (nSPS) is 12.7. The van der Waals surface area contributed by atoms with Crippen LogP contribution in [0.5, 0.6) is 5.75 Å². The first-order valence-electron chi connectivity index (χ1n) is 6.82. The van der Waals surface area contributed by atoms with E-state index in [0.717, 1.165) is 0 Å². The highest BCUT2D eigenvalue weighted by Crippen LogP contribution is 2.43. The predicted molar refractivity (Wildman–Crippen MR) is 74.4 cm³/mol. The SMILES string of the molecule is CCC[C@H](CC)Oc1c([N+](=O)[O-])cc(C(F)(F)F)cc1[N+](=O)[O-]. The van der Waals surface area contributed by atoms with Gasteiger partial charge >= 0.3 is 17.6 Å². The molecule has 0 heterocycles. The molecular formula is C13H15F3N2O5. The summed E-state index contributed by atoms with van der Waals surface area (Å²) in [5, 5.41) is 22.1. The third-order valence-corrected chi connectivity index (χ3v) is 3.12. The van der Waals surface area contributed by atoms with E-state index in [1.807, 2.05) is 6.92 Å². The van der Waals surface area contributed by atoms with Crippen molar-refractivity contribution in [3.8, 4) is 5.75 Å². The zero-order valence-corrected chi connectivity index (χ0v) is 12.4. The van der Waals surface area contributed by atoms with Gasteiger partial charge < -0.3 is 4.74 Å². The van der Waals surface area contributed by atoms with Crippen molar-refractivity contribution in [3.05, 3.63) is 37.9 Å². The second kappa shape index (κ2) is 7.25. The maximum Gasteiger partial charge on any atom is 0.416 e. The molecule has 128 valence electrons. The number of benzene rings is 1. The van der Waals surface area contributed by atoms with Crippen LogP contribution in [0.4, 0.5) is 24.5 Å². The van der Waals surface area contributed by atoms with E-state index in [0.29, 0.717) is 19.3 Å². The van der Waals surface area contributed by atoms with Crippen LogP contribution in [0.15, 0.2) is 12.1 Å². The Morgan fingerprint density at radius 2 is 1.61 bits per heavy atom. The van der Waals surface area contributed by atoms with Crippen molar-refractivity contribution in [1.29, 1.82) is 0 Å². The van der Waals surface area contributed by atoms with Crippen LogP contribution in [0.2, 0.25) is 0 Å². The fourth-order valence-electron chi connectivity index (χ4n) is 1.99. The van der Waals surface area contributed by atoms with Gasteiger partial charge in [0.25, 0.3) is 5.75 Å². The summed E-state index contributed by atoms with van der Waals surface area (Å²) in [6, 6.07) is 0.502. The molecule has 0 spiro atoms. The van der Waals surface area contributed by atoms with Crippen molar-refractivity contribution < 1.29 is 27.8 Å². The summed E-state index contributed by atoms with van der Waals surface area (Å²) in [6.45, 7) is 3.53. The lowest BCUT2D eigenvalue weighted by atomic mass is 10.1. The van der Waals surface area contributed by atoms with Gasteiger partial charge in [-0.1, -0.05) is 20.3 Å². The Labute approximate surface area is 129 Å². The topological polar surface area (TPSA) is 95.5 Å². The predicted octanol–water partition coefficient (Wildman–Crippen LogP) is 4.48. The number of hydrogen-bond acceptors (Lipinski definition) is 5. The first kappa shape index (κ1) is 18.7. The quantitative estimate of drug-likeness (QED) is 0.540. The molecule has 10 heteroatoms. The van der Waals surface area contributed by atoms with Crippen molar-refractivity contribution in [1.82, 2.24) is 0 Å². The van der Waals surface area contributed by atoms with E-state index >= 15 is 0 Å². The summed E-state index contributed by atoms with van der Waals surface area (Å²) in [7, 11) is 0. The fourth-order valence-corrected chi connectivity index (χ4v) is 1.99. The average molecular weight is 336 g/mol. The largest absolute Gasteiger partial charge is 0.479 e. The Morgan fingerprint density at radius 1 is 1.13 bits per heavy atom. The summed E-state index contributed by atoms with van der Waals surface area (Å²) in [6.07, 6.45) is -3.98. The maximum atomic E-state index is 12.8. The minimum Gasteiger partial charge on any atom is -0.479 e. The number of alkyl halides is 3. The highest BCUT2D eigenvalue weighted by molar-refractivity contribution is 5.62. The summed E-state index contributed by atoms with van der Waals surface area (Å²) < 4.78 is 43.6. The standard InChI is InChI=1S/C13H15F3N2O5/c1-3-5-9(4-2)23-12-10(17(19)20)6-8(13(14,15)16)7-11(12)18(21)22/h6-7,9H,3-5H2,1-2H3/t9-/m0/s1. The van der Waals surface area contributed by atoms with Gasteiger partial charge in [-0.2, -0.15) is 13.2 Å². The van der Waals surface area contributed by atoms with Gasteiger partial charge in [-0.3, -0.25) is 20.2 Å². The molecule has 7 nitrogen and oxygen atoms in total. The van der Waals surface area contributed by atoms with E-state index in [2.05, 4.69) is 0 Å². The first-order valence-corrected chi connectivity index (χ1v) is 6.82. The number of halogens is 3. The minimum atomic E-state index is -4.94. The minimum absolute atomic E-state index is 0.251. The third-order valence-electron chi connectivity index (χ3n) is 3.12. The second-order valence-electron chi connectivity index (χ2n) is 4.79. The monoisotopic (exact) mass is 336 g/mol. The molecule has 1 aromatic carbocycles. The molecule has 0 aliphatic carbocycles. The van der Waals surface area contributed by atoms with Gasteiger partial charge in [-0.15, -0.1) is 0 Å². The Bertz CT molecular complexity index is 569. The van der Waals surface area contributed by atoms with Gasteiger partial charge in [0.15, 0.2) is 0 Å². The van der Waals surface area contributed by atoms with Gasteiger partial charge in [0.1, 0.15) is 0 Å². The summed E-state index contributed by atoms with van der Waals surface area (Å²) >= 11 is 0. The molecule has 0 unspecified atom stereocenters. The molecule has 0 radical (unpaired) electrons. The van der Waals surface area contributed by atoms with E-state index in [-0.39, 0.29) is 12.1 Å². The van der Waals surface area contributed by atoms with E-state index in [1.165, 1.54) is 0 Å². The number of nitro benzene ring substituents is 2.